The predicted octanol–water partition coefficient (Wildman–Crippen LogP) is 1.32. The zero-order valence-corrected chi connectivity index (χ0v) is 13.0. The molecule has 0 spiro atoms. The van der Waals surface area contributed by atoms with Gasteiger partial charge in [0.2, 0.25) is 0 Å². The molecule has 17 heavy (non-hydrogen) atoms. The molecule has 1 fully saturated rings. The summed E-state index contributed by atoms with van der Waals surface area (Å²) in [6.07, 6.45) is 0. The number of hydrogen-bond donors (Lipinski definition) is 2. The number of aryl methyl sites for hydroxylation is 1. The zero-order valence-electron chi connectivity index (χ0n) is 9.76. The number of rotatable bonds is 3. The second kappa shape index (κ2) is 5.92. The molecule has 3 unspecified atom stereocenters. The molecule has 5 nitrogen and oxygen atoms in total. The van der Waals surface area contributed by atoms with E-state index in [0.29, 0.717) is 10.5 Å². The van der Waals surface area contributed by atoms with Crippen LogP contribution in [-0.4, -0.2) is 37.0 Å². The highest BCUT2D eigenvalue weighted by atomic mass is 79.9. The molecule has 0 radical (unpaired) electrons. The minimum atomic E-state index is 0.0668. The maximum Gasteiger partial charge on any atom is 0.153 e. The van der Waals surface area contributed by atoms with E-state index in [1.54, 1.807) is 4.68 Å². The molecule has 1 aromatic heterocycles. The van der Waals surface area contributed by atoms with Gasteiger partial charge in [0, 0.05) is 29.1 Å². The summed E-state index contributed by atoms with van der Waals surface area (Å²) in [4.78, 5) is 0. The van der Waals surface area contributed by atoms with Gasteiger partial charge in [0.1, 0.15) is 0 Å². The molecule has 1 aromatic rings. The Morgan fingerprint density at radius 2 is 2.24 bits per heavy atom. The SMILES string of the molecule is CC1SCCSC1C(NN)c1c(Br)nnn1C. The zero-order chi connectivity index (χ0) is 12.4. The van der Waals surface area contributed by atoms with E-state index in [1.807, 2.05) is 30.6 Å². The molecular formula is C9H16BrN5S2. The van der Waals surface area contributed by atoms with Gasteiger partial charge < -0.3 is 0 Å². The van der Waals surface area contributed by atoms with E-state index in [1.165, 1.54) is 11.5 Å². The predicted molar refractivity (Wildman–Crippen MR) is 76.9 cm³/mol. The Kier molecular flexibility index (Phi) is 4.76. The van der Waals surface area contributed by atoms with Crippen LogP contribution in [-0.2, 0) is 7.05 Å². The van der Waals surface area contributed by atoms with Gasteiger partial charge in [-0.1, -0.05) is 12.1 Å². The average Bonchev–Trinajstić information content (AvgIpc) is 2.64. The number of aromatic nitrogens is 3. The van der Waals surface area contributed by atoms with Crippen molar-refractivity contribution in [1.82, 2.24) is 20.4 Å². The fraction of sp³-hybridized carbons (Fsp3) is 0.778. The summed E-state index contributed by atoms with van der Waals surface area (Å²) in [5, 5.41) is 9.04. The first kappa shape index (κ1) is 13.7. The van der Waals surface area contributed by atoms with E-state index in [9.17, 15) is 0 Å². The molecule has 3 atom stereocenters. The lowest BCUT2D eigenvalue weighted by atomic mass is 10.1. The minimum Gasteiger partial charge on any atom is -0.271 e. The second-order valence-electron chi connectivity index (χ2n) is 3.94. The molecule has 2 heterocycles. The topological polar surface area (TPSA) is 68.8 Å². The summed E-state index contributed by atoms with van der Waals surface area (Å²) in [6.45, 7) is 2.25. The van der Waals surface area contributed by atoms with Crippen molar-refractivity contribution in [3.63, 3.8) is 0 Å². The average molecular weight is 338 g/mol. The molecule has 1 aliphatic rings. The molecule has 1 saturated heterocycles. The molecule has 0 amide bonds. The van der Waals surface area contributed by atoms with Gasteiger partial charge >= 0.3 is 0 Å². The van der Waals surface area contributed by atoms with Gasteiger partial charge in [-0.25, -0.2) is 4.68 Å². The fourth-order valence-corrected chi connectivity index (χ4v) is 5.49. The molecule has 0 bridgehead atoms. The van der Waals surface area contributed by atoms with Gasteiger partial charge in [-0.15, -0.1) is 5.10 Å². The lowest BCUT2D eigenvalue weighted by molar-refractivity contribution is 0.487. The van der Waals surface area contributed by atoms with Crippen LogP contribution in [0.1, 0.15) is 18.7 Å². The van der Waals surface area contributed by atoms with Crippen LogP contribution in [0.15, 0.2) is 4.60 Å². The van der Waals surface area contributed by atoms with E-state index in [-0.39, 0.29) is 6.04 Å². The number of hydrogen-bond acceptors (Lipinski definition) is 6. The van der Waals surface area contributed by atoms with Crippen molar-refractivity contribution in [3.05, 3.63) is 10.3 Å². The normalized spacial score (nSPS) is 27.1. The van der Waals surface area contributed by atoms with E-state index in [0.717, 1.165) is 10.3 Å². The Morgan fingerprint density at radius 1 is 1.53 bits per heavy atom. The largest absolute Gasteiger partial charge is 0.271 e. The molecule has 2 rings (SSSR count). The van der Waals surface area contributed by atoms with Gasteiger partial charge in [0.15, 0.2) is 4.60 Å². The van der Waals surface area contributed by atoms with Gasteiger partial charge in [-0.2, -0.15) is 23.5 Å². The first-order valence-corrected chi connectivity index (χ1v) is 8.28. The van der Waals surface area contributed by atoms with Crippen molar-refractivity contribution in [1.29, 1.82) is 0 Å². The van der Waals surface area contributed by atoms with Crippen molar-refractivity contribution < 1.29 is 0 Å². The number of nitrogens with two attached hydrogens (primary N) is 1. The van der Waals surface area contributed by atoms with E-state index in [2.05, 4.69) is 38.6 Å². The first-order valence-electron chi connectivity index (χ1n) is 5.39. The number of nitrogens with one attached hydrogen (secondary N) is 1. The summed E-state index contributed by atoms with van der Waals surface area (Å²) in [6, 6.07) is 0.0668. The summed E-state index contributed by atoms with van der Waals surface area (Å²) in [5.41, 5.74) is 3.93. The third-order valence-electron chi connectivity index (χ3n) is 2.87. The Bertz CT molecular complexity index is 366. The van der Waals surface area contributed by atoms with Crippen molar-refractivity contribution in [2.45, 2.75) is 23.5 Å². The maximum absolute atomic E-state index is 5.73. The molecule has 1 aliphatic heterocycles. The molecule has 96 valence electrons. The Morgan fingerprint density at radius 3 is 2.76 bits per heavy atom. The van der Waals surface area contributed by atoms with Crippen LogP contribution in [0.2, 0.25) is 0 Å². The minimum absolute atomic E-state index is 0.0668. The lowest BCUT2D eigenvalue weighted by Gasteiger charge is -2.33. The Labute approximate surface area is 118 Å². The lowest BCUT2D eigenvalue weighted by Crippen LogP contribution is -2.42. The highest BCUT2D eigenvalue weighted by molar-refractivity contribution is 9.10. The quantitative estimate of drug-likeness (QED) is 0.640. The monoisotopic (exact) mass is 337 g/mol. The van der Waals surface area contributed by atoms with Gasteiger partial charge in [0.25, 0.3) is 0 Å². The third-order valence-corrected chi connectivity index (χ3v) is 6.63. The number of nitrogens with zero attached hydrogens (tertiary/aromatic N) is 3. The van der Waals surface area contributed by atoms with Crippen LogP contribution in [0.3, 0.4) is 0 Å². The standard InChI is InChI=1S/C9H16BrN5S2/c1-5-8(17-4-3-16-5)6(12-11)7-9(10)13-14-15(7)2/h5-6,8,12H,3-4,11H2,1-2H3. The summed E-state index contributed by atoms with van der Waals surface area (Å²) >= 11 is 7.40. The highest BCUT2D eigenvalue weighted by Gasteiger charge is 2.34. The molecular weight excluding hydrogens is 322 g/mol. The second-order valence-corrected chi connectivity index (χ2v) is 7.47. The first-order chi connectivity index (χ1) is 8.15. The Hall–Kier alpha value is 0.240. The molecule has 0 saturated carbocycles. The van der Waals surface area contributed by atoms with E-state index in [4.69, 9.17) is 5.84 Å². The van der Waals surface area contributed by atoms with Crippen LogP contribution in [0, 0.1) is 0 Å². The van der Waals surface area contributed by atoms with Crippen molar-refractivity contribution in [2.24, 2.45) is 12.9 Å². The molecule has 3 N–H and O–H groups in total. The van der Waals surface area contributed by atoms with Crippen LogP contribution >= 0.6 is 39.5 Å². The molecule has 8 heteroatoms. The van der Waals surface area contributed by atoms with Gasteiger partial charge in [-0.05, 0) is 15.9 Å². The van der Waals surface area contributed by atoms with Crippen LogP contribution in [0.4, 0.5) is 0 Å². The summed E-state index contributed by atoms with van der Waals surface area (Å²) in [5.74, 6) is 8.11. The summed E-state index contributed by atoms with van der Waals surface area (Å²) < 4.78 is 2.55. The van der Waals surface area contributed by atoms with Crippen molar-refractivity contribution in [3.8, 4) is 0 Å². The van der Waals surface area contributed by atoms with Crippen LogP contribution in [0.25, 0.3) is 0 Å². The number of thioether (sulfide) groups is 2. The van der Waals surface area contributed by atoms with Crippen LogP contribution in [0.5, 0.6) is 0 Å². The van der Waals surface area contributed by atoms with Crippen molar-refractivity contribution in [2.75, 3.05) is 11.5 Å². The highest BCUT2D eigenvalue weighted by Crippen LogP contribution is 2.39. The third kappa shape index (κ3) is 2.81. The summed E-state index contributed by atoms with van der Waals surface area (Å²) in [7, 11) is 1.89. The van der Waals surface area contributed by atoms with Crippen molar-refractivity contribution >= 4 is 39.5 Å². The van der Waals surface area contributed by atoms with E-state index < -0.39 is 0 Å². The maximum atomic E-state index is 5.73. The van der Waals surface area contributed by atoms with Gasteiger partial charge in [-0.3, -0.25) is 11.3 Å². The van der Waals surface area contributed by atoms with Crippen LogP contribution < -0.4 is 11.3 Å². The number of hydrazine groups is 1. The smallest absolute Gasteiger partial charge is 0.153 e. The molecule has 0 aromatic carbocycles. The molecule has 0 aliphatic carbocycles. The van der Waals surface area contributed by atoms with Gasteiger partial charge in [0.05, 0.1) is 11.7 Å². The van der Waals surface area contributed by atoms with E-state index >= 15 is 0 Å². The Balaban J connectivity index is 2.26. The fourth-order valence-electron chi connectivity index (χ4n) is 2.01. The number of halogens is 1.